The maximum absolute atomic E-state index is 12.7. The predicted octanol–water partition coefficient (Wildman–Crippen LogP) is 7.28. The number of pyridine rings is 1. The van der Waals surface area contributed by atoms with E-state index in [1.54, 1.807) is 11.3 Å². The molecule has 2 aliphatic rings. The van der Waals surface area contributed by atoms with Crippen molar-refractivity contribution < 1.29 is 4.79 Å². The number of likely N-dealkylation sites (tertiary alicyclic amines) is 1. The average molecular weight is 557 g/mol. The fourth-order valence-electron chi connectivity index (χ4n) is 4.91. The van der Waals surface area contributed by atoms with E-state index in [4.69, 9.17) is 4.98 Å². The van der Waals surface area contributed by atoms with Gasteiger partial charge in [-0.05, 0) is 74.2 Å². The molecule has 0 radical (unpaired) electrons. The molecule has 0 saturated carbocycles. The van der Waals surface area contributed by atoms with Gasteiger partial charge in [-0.25, -0.2) is 14.8 Å². The average Bonchev–Trinajstić information content (AvgIpc) is 3.61. The van der Waals surface area contributed by atoms with Crippen molar-refractivity contribution in [1.29, 1.82) is 0 Å². The number of hydrogen-bond acceptors (Lipinski definition) is 6. The molecule has 3 aromatic rings. The molecule has 2 amide bonds. The molecule has 40 heavy (non-hydrogen) atoms. The van der Waals surface area contributed by atoms with Crippen LogP contribution in [0.15, 0.2) is 66.5 Å². The Kier molecular flexibility index (Phi) is 8.66. The molecule has 210 valence electrons. The van der Waals surface area contributed by atoms with E-state index in [9.17, 15) is 4.79 Å². The number of allylic oxidation sites excluding steroid dienone is 3. The Morgan fingerprint density at radius 1 is 1.10 bits per heavy atom. The van der Waals surface area contributed by atoms with Crippen LogP contribution < -0.4 is 16.0 Å². The molecular formula is C32H40N6OS. The molecule has 1 saturated heterocycles. The lowest BCUT2D eigenvalue weighted by Crippen LogP contribution is -2.28. The molecule has 8 heteroatoms. The lowest BCUT2D eigenvalue weighted by atomic mass is 9.98. The lowest BCUT2D eigenvalue weighted by Gasteiger charge is -2.15. The number of nitrogens with one attached hydrogen (secondary N) is 3. The molecule has 1 aromatic carbocycles. The molecule has 1 fully saturated rings. The summed E-state index contributed by atoms with van der Waals surface area (Å²) in [6.07, 6.45) is 11.5. The number of carbonyl (C=O) groups excluding carboxylic acids is 1. The maximum Gasteiger partial charge on any atom is 0.323 e. The number of thiazole rings is 1. The van der Waals surface area contributed by atoms with Crippen molar-refractivity contribution in [2.24, 2.45) is 5.92 Å². The van der Waals surface area contributed by atoms with Gasteiger partial charge < -0.3 is 20.9 Å². The van der Waals surface area contributed by atoms with Gasteiger partial charge in [-0.15, -0.1) is 11.3 Å². The van der Waals surface area contributed by atoms with Crippen LogP contribution in [0.4, 0.5) is 16.3 Å². The summed E-state index contributed by atoms with van der Waals surface area (Å²) in [5.41, 5.74) is 4.46. The summed E-state index contributed by atoms with van der Waals surface area (Å²) in [5.74, 6) is 1.36. The second-order valence-corrected chi connectivity index (χ2v) is 12.7. The van der Waals surface area contributed by atoms with E-state index in [-0.39, 0.29) is 11.4 Å². The minimum absolute atomic E-state index is 0.0873. The summed E-state index contributed by atoms with van der Waals surface area (Å²) >= 11 is 1.71. The van der Waals surface area contributed by atoms with Crippen molar-refractivity contribution in [3.63, 3.8) is 0 Å². The third-order valence-electron chi connectivity index (χ3n) is 7.19. The first-order valence-corrected chi connectivity index (χ1v) is 15.1. The van der Waals surface area contributed by atoms with Gasteiger partial charge in [0, 0.05) is 41.6 Å². The number of hydrogen-bond donors (Lipinski definition) is 3. The summed E-state index contributed by atoms with van der Waals surface area (Å²) in [4.78, 5) is 26.0. The maximum atomic E-state index is 12.7. The quantitative estimate of drug-likeness (QED) is 0.272. The molecule has 3 heterocycles. The molecule has 1 aliphatic carbocycles. The highest BCUT2D eigenvalue weighted by molar-refractivity contribution is 7.15. The highest BCUT2D eigenvalue weighted by Gasteiger charge is 2.24. The number of benzene rings is 1. The van der Waals surface area contributed by atoms with Gasteiger partial charge in [0.25, 0.3) is 0 Å². The van der Waals surface area contributed by atoms with Gasteiger partial charge in [-0.3, -0.25) is 0 Å². The summed E-state index contributed by atoms with van der Waals surface area (Å²) in [6.45, 7) is 13.0. The summed E-state index contributed by atoms with van der Waals surface area (Å²) < 4.78 is 0. The van der Waals surface area contributed by atoms with Crippen molar-refractivity contribution >= 4 is 28.9 Å². The number of nitrogens with zero attached hydrogens (tertiary/aromatic N) is 3. The molecule has 5 rings (SSSR count). The van der Waals surface area contributed by atoms with Crippen LogP contribution in [0.1, 0.15) is 52.0 Å². The van der Waals surface area contributed by atoms with E-state index in [2.05, 4.69) is 77.8 Å². The molecule has 0 bridgehead atoms. The van der Waals surface area contributed by atoms with Gasteiger partial charge in [0.15, 0.2) is 0 Å². The van der Waals surface area contributed by atoms with Crippen LogP contribution in [0.5, 0.6) is 0 Å². The van der Waals surface area contributed by atoms with Crippen LogP contribution >= 0.6 is 11.3 Å². The zero-order valence-corrected chi connectivity index (χ0v) is 24.8. The number of anilines is 2. The monoisotopic (exact) mass is 556 g/mol. The van der Waals surface area contributed by atoms with Gasteiger partial charge in [-0.1, -0.05) is 52.0 Å². The van der Waals surface area contributed by atoms with Crippen LogP contribution in [0.2, 0.25) is 0 Å². The molecule has 0 spiro atoms. The molecule has 1 aliphatic heterocycles. The normalized spacial score (nSPS) is 17.5. The third-order valence-corrected chi connectivity index (χ3v) is 8.72. The highest BCUT2D eigenvalue weighted by atomic mass is 32.1. The Morgan fingerprint density at radius 3 is 2.67 bits per heavy atom. The van der Waals surface area contributed by atoms with Crippen molar-refractivity contribution in [3.05, 3.63) is 71.5 Å². The minimum atomic E-state index is -0.249. The van der Waals surface area contributed by atoms with Crippen LogP contribution in [-0.2, 0) is 5.41 Å². The smallest absolute Gasteiger partial charge is 0.323 e. The van der Waals surface area contributed by atoms with Gasteiger partial charge in [0.05, 0.1) is 15.6 Å². The fourth-order valence-corrected chi connectivity index (χ4v) is 6.05. The number of urea groups is 1. The molecule has 1 unspecified atom stereocenters. The Bertz CT molecular complexity index is 1400. The van der Waals surface area contributed by atoms with E-state index in [0.29, 0.717) is 5.92 Å². The van der Waals surface area contributed by atoms with Crippen molar-refractivity contribution in [2.45, 2.75) is 52.4 Å². The molecule has 7 nitrogen and oxygen atoms in total. The van der Waals surface area contributed by atoms with Gasteiger partial charge in [-0.2, -0.15) is 0 Å². The van der Waals surface area contributed by atoms with E-state index < -0.39 is 0 Å². The summed E-state index contributed by atoms with van der Waals surface area (Å²) in [7, 11) is 0. The van der Waals surface area contributed by atoms with E-state index in [0.717, 1.165) is 63.4 Å². The number of rotatable bonds is 8. The second kappa shape index (κ2) is 12.4. The van der Waals surface area contributed by atoms with Crippen LogP contribution in [0.3, 0.4) is 0 Å². The number of carbonyl (C=O) groups is 1. The van der Waals surface area contributed by atoms with Gasteiger partial charge >= 0.3 is 6.03 Å². The fraction of sp³-hybridized carbons (Fsp3) is 0.406. The standard InChI is InChI=1S/C32H40N6OS/c1-22-10-12-25(13-11-22)35-31(39)36-26-9-7-8-24(20-26)29-28(37-30(40-29)32(2,3)4)23-14-15-33-27(21-23)34-16-19-38-17-5-6-18-38/h7-10,12-15,20-22H,5-6,11,16-19H2,1-4H3,(H,33,34)(H2,35,36,39). The van der Waals surface area contributed by atoms with Crippen LogP contribution in [0.25, 0.3) is 21.7 Å². The Balaban J connectivity index is 1.36. The number of aromatic nitrogens is 2. The Hall–Kier alpha value is -3.49. The summed E-state index contributed by atoms with van der Waals surface area (Å²) in [6, 6.07) is 11.9. The van der Waals surface area contributed by atoms with E-state index in [1.807, 2.05) is 36.5 Å². The van der Waals surface area contributed by atoms with Gasteiger partial charge in [0.1, 0.15) is 5.82 Å². The third kappa shape index (κ3) is 7.17. The largest absolute Gasteiger partial charge is 0.369 e. The topological polar surface area (TPSA) is 82.2 Å². The van der Waals surface area contributed by atoms with Crippen molar-refractivity contribution in [3.8, 4) is 21.7 Å². The molecule has 3 N–H and O–H groups in total. The highest BCUT2D eigenvalue weighted by Crippen LogP contribution is 2.41. The minimum Gasteiger partial charge on any atom is -0.369 e. The second-order valence-electron chi connectivity index (χ2n) is 11.7. The van der Waals surface area contributed by atoms with Crippen molar-refractivity contribution in [2.75, 3.05) is 36.8 Å². The Labute approximate surface area is 241 Å². The van der Waals surface area contributed by atoms with Crippen molar-refractivity contribution in [1.82, 2.24) is 20.2 Å². The summed E-state index contributed by atoms with van der Waals surface area (Å²) in [5, 5.41) is 10.5. The Morgan fingerprint density at radius 2 is 1.93 bits per heavy atom. The van der Waals surface area contributed by atoms with Crippen LogP contribution in [0, 0.1) is 5.92 Å². The van der Waals surface area contributed by atoms with E-state index in [1.165, 1.54) is 25.9 Å². The van der Waals surface area contributed by atoms with Gasteiger partial charge in [0.2, 0.25) is 0 Å². The molecule has 1 atom stereocenters. The first-order chi connectivity index (χ1) is 19.2. The molecular weight excluding hydrogens is 516 g/mol. The first-order valence-electron chi connectivity index (χ1n) is 14.3. The first kappa shape index (κ1) is 28.1. The predicted molar refractivity (Wildman–Crippen MR) is 167 cm³/mol. The number of amides is 2. The zero-order chi connectivity index (χ0) is 28.1. The van der Waals surface area contributed by atoms with E-state index >= 15 is 0 Å². The SMILES string of the molecule is CC1C=CC(NC(=O)Nc2cccc(-c3sc(C(C)(C)C)nc3-c3ccnc(NCCN4CCCC4)c3)c2)=CC1. The van der Waals surface area contributed by atoms with Crippen LogP contribution in [-0.4, -0.2) is 47.1 Å². The lowest BCUT2D eigenvalue weighted by molar-refractivity contribution is 0.254. The zero-order valence-electron chi connectivity index (χ0n) is 24.0. The molecule has 2 aromatic heterocycles.